The van der Waals surface area contributed by atoms with Crippen LogP contribution in [0.1, 0.15) is 5.56 Å². The molecular formula is C14H8ClF3N2O2S. The van der Waals surface area contributed by atoms with E-state index < -0.39 is 16.6 Å². The third kappa shape index (κ3) is 2.79. The first-order chi connectivity index (χ1) is 10.8. The summed E-state index contributed by atoms with van der Waals surface area (Å²) >= 11 is 6.84. The van der Waals surface area contributed by atoms with Gasteiger partial charge < -0.3 is 4.74 Å². The van der Waals surface area contributed by atoms with Crippen LogP contribution in [0.2, 0.25) is 5.02 Å². The van der Waals surface area contributed by atoms with Gasteiger partial charge in [-0.2, -0.15) is 13.2 Å². The minimum atomic E-state index is -4.55. The molecule has 0 spiro atoms. The molecule has 2 aromatic heterocycles. The van der Waals surface area contributed by atoms with Gasteiger partial charge in [-0.05, 0) is 24.3 Å². The molecule has 0 saturated heterocycles. The molecule has 0 unspecified atom stereocenters. The van der Waals surface area contributed by atoms with E-state index in [1.807, 2.05) is 0 Å². The van der Waals surface area contributed by atoms with Crippen LogP contribution in [0.3, 0.4) is 0 Å². The first-order valence-corrected chi connectivity index (χ1v) is 7.43. The number of benzene rings is 1. The topological polar surface area (TPSA) is 44.1 Å². The van der Waals surface area contributed by atoms with Gasteiger partial charge in [-0.1, -0.05) is 22.9 Å². The fourth-order valence-corrected chi connectivity index (χ4v) is 3.23. The van der Waals surface area contributed by atoms with Crippen LogP contribution < -0.4 is 9.61 Å². The predicted octanol–water partition coefficient (Wildman–Crippen LogP) is 4.13. The van der Waals surface area contributed by atoms with Crippen LogP contribution in [0, 0.1) is 0 Å². The van der Waals surface area contributed by atoms with E-state index in [1.54, 1.807) is 18.2 Å². The second kappa shape index (κ2) is 5.54. The summed E-state index contributed by atoms with van der Waals surface area (Å²) in [6.45, 7) is 0. The van der Waals surface area contributed by atoms with Gasteiger partial charge in [0.05, 0.1) is 27.9 Å². The van der Waals surface area contributed by atoms with Gasteiger partial charge in [0.15, 0.2) is 5.82 Å². The van der Waals surface area contributed by atoms with Crippen LogP contribution in [-0.2, 0) is 6.18 Å². The van der Waals surface area contributed by atoms with E-state index in [0.717, 1.165) is 17.4 Å². The van der Waals surface area contributed by atoms with Crippen molar-refractivity contribution in [2.24, 2.45) is 0 Å². The van der Waals surface area contributed by atoms with Gasteiger partial charge >= 0.3 is 11.0 Å². The number of thiazole rings is 1. The maximum Gasteiger partial charge on any atom is 0.417 e. The number of fused-ring (bicyclic) bond motifs is 1. The number of rotatable bonds is 2. The van der Waals surface area contributed by atoms with Crippen LogP contribution in [0.4, 0.5) is 13.2 Å². The molecule has 0 aliphatic heterocycles. The van der Waals surface area contributed by atoms with Gasteiger partial charge in [-0.3, -0.25) is 4.79 Å². The lowest BCUT2D eigenvalue weighted by molar-refractivity contribution is -0.137. The molecule has 0 aliphatic rings. The van der Waals surface area contributed by atoms with E-state index >= 15 is 0 Å². The van der Waals surface area contributed by atoms with Crippen molar-refractivity contribution in [2.75, 3.05) is 7.11 Å². The number of hydrogen-bond donors (Lipinski definition) is 0. The van der Waals surface area contributed by atoms with Gasteiger partial charge in [-0.25, -0.2) is 9.55 Å². The minimum absolute atomic E-state index is 0.0407. The zero-order valence-corrected chi connectivity index (χ0v) is 13.1. The van der Waals surface area contributed by atoms with E-state index in [-0.39, 0.29) is 10.8 Å². The minimum Gasteiger partial charge on any atom is -0.497 e. The van der Waals surface area contributed by atoms with Crippen LogP contribution in [0.25, 0.3) is 16.0 Å². The quantitative estimate of drug-likeness (QED) is 0.690. The van der Waals surface area contributed by atoms with Gasteiger partial charge in [0.2, 0.25) is 0 Å². The zero-order chi connectivity index (χ0) is 16.8. The number of ether oxygens (including phenoxy) is 1. The highest BCUT2D eigenvalue weighted by Crippen LogP contribution is 2.33. The maximum absolute atomic E-state index is 12.7. The second-order valence-electron chi connectivity index (χ2n) is 4.56. The molecule has 0 radical (unpaired) electrons. The molecule has 0 bridgehead atoms. The summed E-state index contributed by atoms with van der Waals surface area (Å²) in [4.78, 5) is 15.5. The Balaban J connectivity index is 2.21. The molecule has 1 aromatic carbocycles. The van der Waals surface area contributed by atoms with Crippen molar-refractivity contribution in [1.29, 1.82) is 0 Å². The van der Waals surface area contributed by atoms with E-state index in [0.29, 0.717) is 22.2 Å². The number of nitrogens with zero attached hydrogens (tertiary/aromatic N) is 2. The smallest absolute Gasteiger partial charge is 0.417 e. The van der Waals surface area contributed by atoms with E-state index in [4.69, 9.17) is 16.3 Å². The first-order valence-electron chi connectivity index (χ1n) is 6.24. The Hall–Kier alpha value is -2.06. The van der Waals surface area contributed by atoms with Crippen molar-refractivity contribution in [1.82, 2.24) is 9.55 Å². The molecule has 0 N–H and O–H groups in total. The summed E-state index contributed by atoms with van der Waals surface area (Å²) in [5.74, 6) is 0.526. The first kappa shape index (κ1) is 15.8. The Morgan fingerprint density at radius 3 is 2.65 bits per heavy atom. The average Bonchev–Trinajstić information content (AvgIpc) is 2.81. The highest BCUT2D eigenvalue weighted by atomic mass is 35.5. The van der Waals surface area contributed by atoms with Gasteiger partial charge in [0.1, 0.15) is 5.75 Å². The maximum atomic E-state index is 12.7. The third-order valence-electron chi connectivity index (χ3n) is 3.15. The van der Waals surface area contributed by atoms with Crippen LogP contribution in [-0.4, -0.2) is 16.7 Å². The van der Waals surface area contributed by atoms with Gasteiger partial charge in [0.25, 0.3) is 0 Å². The average molecular weight is 361 g/mol. The van der Waals surface area contributed by atoms with Crippen molar-refractivity contribution in [3.05, 3.63) is 50.7 Å². The fourth-order valence-electron chi connectivity index (χ4n) is 2.08. The van der Waals surface area contributed by atoms with Gasteiger partial charge in [-0.15, -0.1) is 0 Å². The fraction of sp³-hybridized carbons (Fsp3) is 0.143. The second-order valence-corrected chi connectivity index (χ2v) is 5.96. The summed E-state index contributed by atoms with van der Waals surface area (Å²) in [7, 11) is 1.50. The Morgan fingerprint density at radius 1 is 1.30 bits per heavy atom. The molecule has 120 valence electrons. The van der Waals surface area contributed by atoms with Crippen molar-refractivity contribution in [2.45, 2.75) is 6.18 Å². The molecule has 0 amide bonds. The molecule has 0 atom stereocenters. The molecule has 0 aliphatic carbocycles. The number of hydrogen-bond acceptors (Lipinski definition) is 4. The van der Waals surface area contributed by atoms with Crippen LogP contribution >= 0.6 is 22.9 Å². The SMILES string of the molecule is COc1ccc2c(c1)sc(=O)n2-c1ncc(C(F)(F)F)cc1Cl. The molecule has 23 heavy (non-hydrogen) atoms. The number of halogens is 4. The Labute approximate surface area is 136 Å². The highest BCUT2D eigenvalue weighted by molar-refractivity contribution is 7.16. The molecule has 0 fully saturated rings. The van der Waals surface area contributed by atoms with Crippen molar-refractivity contribution >= 4 is 33.2 Å². The number of pyridine rings is 1. The summed E-state index contributed by atoms with van der Waals surface area (Å²) in [6.07, 6.45) is -3.90. The monoisotopic (exact) mass is 360 g/mol. The van der Waals surface area contributed by atoms with Gasteiger partial charge in [0, 0.05) is 6.20 Å². The van der Waals surface area contributed by atoms with Crippen molar-refractivity contribution < 1.29 is 17.9 Å². The molecule has 0 saturated carbocycles. The molecule has 3 aromatic rings. The summed E-state index contributed by atoms with van der Waals surface area (Å²) < 4.78 is 44.9. The summed E-state index contributed by atoms with van der Waals surface area (Å²) in [5, 5.41) is -0.252. The lowest BCUT2D eigenvalue weighted by atomic mass is 10.2. The van der Waals surface area contributed by atoms with Crippen LogP contribution in [0.15, 0.2) is 35.3 Å². The lowest BCUT2D eigenvalue weighted by Crippen LogP contribution is -2.14. The van der Waals surface area contributed by atoms with Crippen molar-refractivity contribution in [3.63, 3.8) is 0 Å². The summed E-state index contributed by atoms with van der Waals surface area (Å²) in [6, 6.07) is 5.68. The summed E-state index contributed by atoms with van der Waals surface area (Å²) in [5.41, 5.74) is -0.476. The van der Waals surface area contributed by atoms with E-state index in [1.165, 1.54) is 11.7 Å². The Kier molecular flexibility index (Phi) is 3.81. The zero-order valence-electron chi connectivity index (χ0n) is 11.5. The molecule has 9 heteroatoms. The molecule has 4 nitrogen and oxygen atoms in total. The number of alkyl halides is 3. The molecule has 2 heterocycles. The Morgan fingerprint density at radius 2 is 2.04 bits per heavy atom. The van der Waals surface area contributed by atoms with E-state index in [9.17, 15) is 18.0 Å². The highest BCUT2D eigenvalue weighted by Gasteiger charge is 2.32. The van der Waals surface area contributed by atoms with Crippen LogP contribution in [0.5, 0.6) is 5.75 Å². The van der Waals surface area contributed by atoms with Crippen molar-refractivity contribution in [3.8, 4) is 11.6 Å². The molecular weight excluding hydrogens is 353 g/mol. The Bertz CT molecular complexity index is 949. The normalized spacial score (nSPS) is 11.9. The standard InChI is InChI=1S/C14H8ClF3N2O2S/c1-22-8-2-3-10-11(5-8)23-13(21)20(10)12-9(15)4-7(6-19-12)14(16,17)18/h2-6H,1H3. The molecule has 3 rings (SSSR count). The lowest BCUT2D eigenvalue weighted by Gasteiger charge is -2.10. The van der Waals surface area contributed by atoms with E-state index in [2.05, 4.69) is 4.98 Å². The number of aromatic nitrogens is 2. The predicted molar refractivity (Wildman–Crippen MR) is 81.8 cm³/mol. The third-order valence-corrected chi connectivity index (χ3v) is 4.33. The largest absolute Gasteiger partial charge is 0.497 e. The number of methoxy groups -OCH3 is 1.